The lowest BCUT2D eigenvalue weighted by atomic mass is 9.97. The molecule has 3 aromatic rings. The summed E-state index contributed by atoms with van der Waals surface area (Å²) in [6.45, 7) is 2.13. The minimum atomic E-state index is -0.597. The number of amides is 2. The quantitative estimate of drug-likeness (QED) is 0.456. The number of nitrogens with zero attached hydrogens (tertiary/aromatic N) is 3. The fourth-order valence-electron chi connectivity index (χ4n) is 4.41. The van der Waals surface area contributed by atoms with E-state index in [4.69, 9.17) is 9.84 Å². The molecular formula is C29H28N4O3S. The highest BCUT2D eigenvalue weighted by atomic mass is 32.2. The van der Waals surface area contributed by atoms with Crippen LogP contribution in [0.15, 0.2) is 89.0 Å². The number of carbonyl (C=O) groups excluding carboxylic acids is 2. The van der Waals surface area contributed by atoms with Gasteiger partial charge in [-0.25, -0.2) is 5.01 Å². The van der Waals surface area contributed by atoms with E-state index in [-0.39, 0.29) is 24.3 Å². The van der Waals surface area contributed by atoms with Gasteiger partial charge in [-0.05, 0) is 35.2 Å². The Morgan fingerprint density at radius 2 is 1.86 bits per heavy atom. The van der Waals surface area contributed by atoms with Crippen molar-refractivity contribution in [2.24, 2.45) is 10.1 Å². The van der Waals surface area contributed by atoms with E-state index in [1.54, 1.807) is 31.4 Å². The first-order valence-corrected chi connectivity index (χ1v) is 13.2. The van der Waals surface area contributed by atoms with Crippen molar-refractivity contribution in [2.45, 2.75) is 37.5 Å². The number of hydrogen-bond donors (Lipinski definition) is 1. The van der Waals surface area contributed by atoms with Crippen molar-refractivity contribution in [1.82, 2.24) is 5.01 Å². The molecule has 0 aromatic heterocycles. The van der Waals surface area contributed by atoms with Gasteiger partial charge in [-0.15, -0.1) is 0 Å². The average molecular weight is 513 g/mol. The lowest BCUT2D eigenvalue weighted by Crippen LogP contribution is -2.25. The summed E-state index contributed by atoms with van der Waals surface area (Å²) >= 11 is 1.30. The van der Waals surface area contributed by atoms with Gasteiger partial charge in [0.2, 0.25) is 5.91 Å². The number of hydrogen-bond acceptors (Lipinski definition) is 6. The number of aliphatic imine (C=N–C) groups is 1. The number of nitrogens with one attached hydrogen (secondary N) is 1. The number of ether oxygens (including phenoxy) is 1. The lowest BCUT2D eigenvalue weighted by molar-refractivity contribution is -0.121. The van der Waals surface area contributed by atoms with Crippen LogP contribution in [-0.2, 0) is 16.0 Å². The maximum atomic E-state index is 12.8. The third-order valence-corrected chi connectivity index (χ3v) is 7.58. The van der Waals surface area contributed by atoms with E-state index in [1.165, 1.54) is 17.3 Å². The van der Waals surface area contributed by atoms with Gasteiger partial charge in [-0.1, -0.05) is 79.3 Å². The molecule has 8 heteroatoms. The van der Waals surface area contributed by atoms with E-state index in [9.17, 15) is 9.59 Å². The number of carbonyl (C=O) groups is 2. The number of anilines is 1. The Bertz CT molecular complexity index is 1360. The Balaban J connectivity index is 1.33. The molecule has 0 bridgehead atoms. The van der Waals surface area contributed by atoms with Crippen LogP contribution < -0.4 is 10.1 Å². The number of thioether (sulfide) groups is 1. The zero-order valence-corrected chi connectivity index (χ0v) is 21.6. The van der Waals surface area contributed by atoms with Crippen molar-refractivity contribution in [3.63, 3.8) is 0 Å². The zero-order chi connectivity index (χ0) is 25.8. The summed E-state index contributed by atoms with van der Waals surface area (Å²) in [5, 5.41) is 9.54. The SMILES string of the molecule is CCc1ccc([C@@H]2CC(c3ccccc3)=NN2C2=NC(=O)[C@@H](CC(=O)Nc3cccc(OC)c3)S2)cc1. The summed E-state index contributed by atoms with van der Waals surface area (Å²) in [5.74, 6) is 0.0789. The molecule has 7 nitrogen and oxygen atoms in total. The molecule has 0 radical (unpaired) electrons. The van der Waals surface area contributed by atoms with Crippen LogP contribution in [0.2, 0.25) is 0 Å². The second-order valence-corrected chi connectivity index (χ2v) is 10.1. The van der Waals surface area contributed by atoms with Gasteiger partial charge in [0, 0.05) is 24.6 Å². The number of benzene rings is 3. The first kappa shape index (κ1) is 24.8. The largest absolute Gasteiger partial charge is 0.497 e. The second kappa shape index (κ2) is 11.0. The van der Waals surface area contributed by atoms with Crippen molar-refractivity contribution in [2.75, 3.05) is 12.4 Å². The van der Waals surface area contributed by atoms with Gasteiger partial charge in [0.1, 0.15) is 11.0 Å². The predicted molar refractivity (Wildman–Crippen MR) is 148 cm³/mol. The molecule has 2 aliphatic rings. The van der Waals surface area contributed by atoms with Gasteiger partial charge >= 0.3 is 0 Å². The molecule has 0 aliphatic carbocycles. The van der Waals surface area contributed by atoms with Crippen LogP contribution in [0.5, 0.6) is 5.75 Å². The molecule has 188 valence electrons. The summed E-state index contributed by atoms with van der Waals surface area (Å²) < 4.78 is 5.21. The van der Waals surface area contributed by atoms with Crippen molar-refractivity contribution in [1.29, 1.82) is 0 Å². The lowest BCUT2D eigenvalue weighted by Gasteiger charge is -2.23. The van der Waals surface area contributed by atoms with Crippen LogP contribution in [0.3, 0.4) is 0 Å². The molecule has 2 amide bonds. The Morgan fingerprint density at radius 3 is 2.59 bits per heavy atom. The van der Waals surface area contributed by atoms with Gasteiger partial charge in [0.25, 0.3) is 5.91 Å². The molecule has 2 atom stereocenters. The zero-order valence-electron chi connectivity index (χ0n) is 20.8. The molecule has 0 spiro atoms. The first-order chi connectivity index (χ1) is 18.0. The van der Waals surface area contributed by atoms with Crippen LogP contribution in [-0.4, -0.2) is 40.1 Å². The van der Waals surface area contributed by atoms with Crippen LogP contribution >= 0.6 is 11.8 Å². The molecule has 2 heterocycles. The topological polar surface area (TPSA) is 83.4 Å². The molecule has 2 aliphatic heterocycles. The molecule has 0 saturated heterocycles. The van der Waals surface area contributed by atoms with E-state index >= 15 is 0 Å². The molecule has 5 rings (SSSR count). The minimum absolute atomic E-state index is 0.0205. The van der Waals surface area contributed by atoms with Crippen molar-refractivity contribution in [3.8, 4) is 5.75 Å². The summed E-state index contributed by atoms with van der Waals surface area (Å²) in [6.07, 6.45) is 1.69. The highest BCUT2D eigenvalue weighted by Crippen LogP contribution is 2.38. The summed E-state index contributed by atoms with van der Waals surface area (Å²) in [4.78, 5) is 29.9. The molecular weight excluding hydrogens is 484 g/mol. The fraction of sp³-hybridized carbons (Fsp3) is 0.241. The summed E-state index contributed by atoms with van der Waals surface area (Å²) in [6, 6.07) is 25.6. The Morgan fingerprint density at radius 1 is 1.08 bits per heavy atom. The second-order valence-electron chi connectivity index (χ2n) is 8.90. The van der Waals surface area contributed by atoms with Crippen LogP contribution in [0, 0.1) is 0 Å². The summed E-state index contributed by atoms with van der Waals surface area (Å²) in [7, 11) is 1.57. The average Bonchev–Trinajstić information content (AvgIpc) is 3.53. The Labute approximate surface area is 220 Å². The van der Waals surface area contributed by atoms with Crippen molar-refractivity contribution >= 4 is 40.1 Å². The summed E-state index contributed by atoms with van der Waals surface area (Å²) in [5.41, 5.74) is 4.99. The van der Waals surface area contributed by atoms with Crippen LogP contribution in [0.25, 0.3) is 0 Å². The number of aryl methyl sites for hydroxylation is 1. The first-order valence-electron chi connectivity index (χ1n) is 12.3. The maximum Gasteiger partial charge on any atom is 0.262 e. The van der Waals surface area contributed by atoms with Gasteiger partial charge in [-0.2, -0.15) is 10.1 Å². The van der Waals surface area contributed by atoms with Gasteiger partial charge in [0.05, 0.1) is 18.9 Å². The highest BCUT2D eigenvalue weighted by molar-refractivity contribution is 8.15. The van der Waals surface area contributed by atoms with E-state index < -0.39 is 5.25 Å². The molecule has 3 aromatic carbocycles. The van der Waals surface area contributed by atoms with Crippen molar-refractivity contribution < 1.29 is 14.3 Å². The number of methoxy groups -OCH3 is 1. The molecule has 37 heavy (non-hydrogen) atoms. The molecule has 1 N–H and O–H groups in total. The van der Waals surface area contributed by atoms with E-state index in [0.29, 0.717) is 23.0 Å². The van der Waals surface area contributed by atoms with E-state index in [1.807, 2.05) is 35.3 Å². The molecule has 0 fully saturated rings. The highest BCUT2D eigenvalue weighted by Gasteiger charge is 2.39. The molecule has 0 unspecified atom stereocenters. The van der Waals surface area contributed by atoms with Crippen LogP contribution in [0.4, 0.5) is 5.69 Å². The van der Waals surface area contributed by atoms with Gasteiger partial charge in [0.15, 0.2) is 5.17 Å². The van der Waals surface area contributed by atoms with Crippen molar-refractivity contribution in [3.05, 3.63) is 95.6 Å². The third-order valence-electron chi connectivity index (χ3n) is 6.44. The predicted octanol–water partition coefficient (Wildman–Crippen LogP) is 5.44. The van der Waals surface area contributed by atoms with Gasteiger partial charge < -0.3 is 10.1 Å². The maximum absolute atomic E-state index is 12.8. The third kappa shape index (κ3) is 5.59. The number of amidine groups is 1. The van der Waals surface area contributed by atoms with Gasteiger partial charge in [-0.3, -0.25) is 9.59 Å². The molecule has 0 saturated carbocycles. The number of hydrazone groups is 1. The Kier molecular flexibility index (Phi) is 7.37. The monoisotopic (exact) mass is 512 g/mol. The van der Waals surface area contributed by atoms with Crippen LogP contribution in [0.1, 0.15) is 42.5 Å². The van der Waals surface area contributed by atoms with E-state index in [2.05, 4.69) is 41.5 Å². The normalized spacial score (nSPS) is 19.0. The standard InChI is InChI=1S/C29H28N4O3S/c1-3-19-12-14-21(15-13-19)25-17-24(20-8-5-4-6-9-20)32-33(25)29-31-28(35)26(37-29)18-27(34)30-22-10-7-11-23(16-22)36-2/h4-16,25-26H,3,17-18H2,1-2H3,(H,30,34)/t25-,26+/m0/s1. The minimum Gasteiger partial charge on any atom is -0.497 e. The Hall–Kier alpha value is -3.91. The van der Waals surface area contributed by atoms with E-state index in [0.717, 1.165) is 23.3 Å². The number of rotatable bonds is 7. The fourth-order valence-corrected chi connectivity index (χ4v) is 5.47. The smallest absolute Gasteiger partial charge is 0.262 e.